The van der Waals surface area contributed by atoms with Crippen LogP contribution in [0.15, 0.2) is 29.5 Å². The van der Waals surface area contributed by atoms with Crippen LogP contribution in [0.2, 0.25) is 0 Å². The van der Waals surface area contributed by atoms with Gasteiger partial charge >= 0.3 is 0 Å². The number of hydrogen-bond donors (Lipinski definition) is 2. The third kappa shape index (κ3) is 6.17. The van der Waals surface area contributed by atoms with E-state index in [-0.39, 0.29) is 5.92 Å². The summed E-state index contributed by atoms with van der Waals surface area (Å²) >= 11 is 0. The number of hydrogen-bond acceptors (Lipinski definition) is 3. The van der Waals surface area contributed by atoms with Crippen molar-refractivity contribution in [1.82, 2.24) is 5.43 Å². The van der Waals surface area contributed by atoms with Crippen LogP contribution in [0.4, 0.5) is 0 Å². The van der Waals surface area contributed by atoms with Crippen molar-refractivity contribution in [1.29, 1.82) is 5.41 Å². The van der Waals surface area contributed by atoms with E-state index in [1.54, 1.807) is 6.08 Å². The van der Waals surface area contributed by atoms with Gasteiger partial charge in [-0.3, -0.25) is 5.43 Å². The molecule has 0 aliphatic heterocycles. The highest BCUT2D eigenvalue weighted by molar-refractivity contribution is 5.94. The van der Waals surface area contributed by atoms with Crippen LogP contribution in [0, 0.1) is 17.2 Å². The maximum atomic E-state index is 7.68. The normalized spacial score (nSPS) is 14.2. The molecule has 3 nitrogen and oxygen atoms in total. The fraction of sp³-hybridized carbons (Fsp3) is 0.538. The highest BCUT2D eigenvalue weighted by atomic mass is 15.3. The van der Waals surface area contributed by atoms with Crippen LogP contribution in [0.1, 0.15) is 34.1 Å². The Morgan fingerprint density at radius 1 is 1.50 bits per heavy atom. The van der Waals surface area contributed by atoms with Crippen molar-refractivity contribution in [2.75, 3.05) is 0 Å². The lowest BCUT2D eigenvalue weighted by atomic mass is 10.1. The summed E-state index contributed by atoms with van der Waals surface area (Å²) in [6.07, 6.45) is 6.51. The van der Waals surface area contributed by atoms with Gasteiger partial charge in [-0.25, -0.2) is 0 Å². The van der Waals surface area contributed by atoms with E-state index in [2.05, 4.69) is 24.0 Å². The second-order valence-corrected chi connectivity index (χ2v) is 4.14. The van der Waals surface area contributed by atoms with Gasteiger partial charge in [0.05, 0.1) is 0 Å². The Morgan fingerprint density at radius 3 is 2.56 bits per heavy atom. The standard InChI is InChI=1S/C13H23N3/c1-6-12(7-2)9-15-16-11(5)8-13(14)10(3)4/h6,8-10,12,14,16H,1,7H2,2-5H3/b11-8?,14-13?,15-9-. The lowest BCUT2D eigenvalue weighted by Gasteiger charge is -2.05. The molecule has 0 saturated carbocycles. The van der Waals surface area contributed by atoms with Gasteiger partial charge in [-0.1, -0.05) is 26.8 Å². The zero-order valence-electron chi connectivity index (χ0n) is 10.7. The summed E-state index contributed by atoms with van der Waals surface area (Å²) < 4.78 is 0. The predicted octanol–water partition coefficient (Wildman–Crippen LogP) is 3.35. The van der Waals surface area contributed by atoms with Crippen LogP contribution in [-0.4, -0.2) is 11.9 Å². The summed E-state index contributed by atoms with van der Waals surface area (Å²) in [7, 11) is 0. The van der Waals surface area contributed by atoms with Gasteiger partial charge in [0.25, 0.3) is 0 Å². The largest absolute Gasteiger partial charge is 0.305 e. The predicted molar refractivity (Wildman–Crippen MR) is 71.9 cm³/mol. The van der Waals surface area contributed by atoms with Crippen molar-refractivity contribution in [3.05, 3.63) is 24.4 Å². The smallest absolute Gasteiger partial charge is 0.0357 e. The molecule has 0 bridgehead atoms. The van der Waals surface area contributed by atoms with Gasteiger partial charge in [0.15, 0.2) is 0 Å². The number of rotatable bonds is 7. The van der Waals surface area contributed by atoms with Crippen LogP contribution >= 0.6 is 0 Å². The minimum atomic E-state index is 0.247. The quantitative estimate of drug-likeness (QED) is 0.386. The maximum absolute atomic E-state index is 7.68. The Morgan fingerprint density at radius 2 is 2.12 bits per heavy atom. The lowest BCUT2D eigenvalue weighted by Crippen LogP contribution is -2.09. The summed E-state index contributed by atoms with van der Waals surface area (Å²) in [4.78, 5) is 0. The topological polar surface area (TPSA) is 48.2 Å². The van der Waals surface area contributed by atoms with Gasteiger partial charge in [0, 0.05) is 23.5 Å². The summed E-state index contributed by atoms with van der Waals surface area (Å²) in [5, 5.41) is 11.8. The van der Waals surface area contributed by atoms with E-state index in [1.165, 1.54) is 0 Å². The van der Waals surface area contributed by atoms with E-state index in [1.807, 2.05) is 33.1 Å². The second-order valence-electron chi connectivity index (χ2n) is 4.14. The lowest BCUT2D eigenvalue weighted by molar-refractivity contribution is 0.806. The van der Waals surface area contributed by atoms with Gasteiger partial charge in [-0.05, 0) is 25.3 Å². The highest BCUT2D eigenvalue weighted by Gasteiger charge is 1.99. The average molecular weight is 221 g/mol. The molecule has 0 aromatic carbocycles. The molecular formula is C13H23N3. The number of hydrazone groups is 1. The first kappa shape index (κ1) is 14.6. The molecule has 0 amide bonds. The van der Waals surface area contributed by atoms with Gasteiger partial charge < -0.3 is 5.41 Å². The minimum Gasteiger partial charge on any atom is -0.305 e. The van der Waals surface area contributed by atoms with Crippen molar-refractivity contribution >= 4 is 11.9 Å². The second kappa shape index (κ2) is 7.85. The molecule has 0 aromatic heterocycles. The molecule has 0 fully saturated rings. The van der Waals surface area contributed by atoms with Crippen LogP contribution in [-0.2, 0) is 0 Å². The zero-order chi connectivity index (χ0) is 12.6. The van der Waals surface area contributed by atoms with E-state index in [0.29, 0.717) is 11.6 Å². The van der Waals surface area contributed by atoms with Crippen molar-refractivity contribution in [3.63, 3.8) is 0 Å². The van der Waals surface area contributed by atoms with E-state index >= 15 is 0 Å². The molecule has 0 aromatic rings. The third-order valence-electron chi connectivity index (χ3n) is 2.28. The van der Waals surface area contributed by atoms with Gasteiger partial charge in [-0.15, -0.1) is 6.58 Å². The van der Waals surface area contributed by atoms with E-state index in [4.69, 9.17) is 5.41 Å². The van der Waals surface area contributed by atoms with Crippen molar-refractivity contribution < 1.29 is 0 Å². The Hall–Kier alpha value is -1.38. The highest BCUT2D eigenvalue weighted by Crippen LogP contribution is 2.00. The fourth-order valence-electron chi connectivity index (χ4n) is 1.000. The molecule has 3 heteroatoms. The molecule has 0 saturated heterocycles. The zero-order valence-corrected chi connectivity index (χ0v) is 10.7. The molecule has 2 N–H and O–H groups in total. The van der Waals surface area contributed by atoms with Crippen LogP contribution in [0.25, 0.3) is 0 Å². The molecule has 16 heavy (non-hydrogen) atoms. The first-order chi connectivity index (χ1) is 7.51. The molecule has 1 unspecified atom stereocenters. The summed E-state index contributed by atoms with van der Waals surface area (Å²) in [6.45, 7) is 11.7. The van der Waals surface area contributed by atoms with E-state index in [0.717, 1.165) is 12.1 Å². The monoisotopic (exact) mass is 221 g/mol. The summed E-state index contributed by atoms with van der Waals surface area (Å²) in [5.41, 5.74) is 4.40. The van der Waals surface area contributed by atoms with E-state index in [9.17, 15) is 0 Å². The number of nitrogens with zero attached hydrogens (tertiary/aromatic N) is 1. The molecule has 1 atom stereocenters. The third-order valence-corrected chi connectivity index (χ3v) is 2.28. The first-order valence-corrected chi connectivity index (χ1v) is 5.69. The summed E-state index contributed by atoms with van der Waals surface area (Å²) in [5.74, 6) is 0.558. The Kier molecular flexibility index (Phi) is 7.18. The average Bonchev–Trinajstić information content (AvgIpc) is 2.24. The van der Waals surface area contributed by atoms with Crippen molar-refractivity contribution in [2.45, 2.75) is 34.1 Å². The Labute approximate surface area is 98.8 Å². The first-order valence-electron chi connectivity index (χ1n) is 5.69. The van der Waals surface area contributed by atoms with Gasteiger partial charge in [-0.2, -0.15) is 5.10 Å². The Bertz CT molecular complexity index is 288. The van der Waals surface area contributed by atoms with Crippen LogP contribution in [0.3, 0.4) is 0 Å². The van der Waals surface area contributed by atoms with Gasteiger partial charge in [0.1, 0.15) is 0 Å². The summed E-state index contributed by atoms with van der Waals surface area (Å²) in [6, 6.07) is 0. The molecule has 0 heterocycles. The van der Waals surface area contributed by atoms with Crippen LogP contribution < -0.4 is 5.43 Å². The molecule has 0 radical (unpaired) electrons. The molecule has 0 aliphatic rings. The fourth-order valence-corrected chi connectivity index (χ4v) is 1.000. The SMILES string of the molecule is C=CC(/C=N\NC(C)=CC(=N)C(C)C)CC. The number of allylic oxidation sites excluding steroid dienone is 3. The maximum Gasteiger partial charge on any atom is 0.0357 e. The molecule has 0 rings (SSSR count). The molecule has 0 spiro atoms. The Balaban J connectivity index is 4.20. The van der Waals surface area contributed by atoms with Crippen molar-refractivity contribution in [3.8, 4) is 0 Å². The molecule has 90 valence electrons. The van der Waals surface area contributed by atoms with Gasteiger partial charge in [0.2, 0.25) is 0 Å². The van der Waals surface area contributed by atoms with E-state index < -0.39 is 0 Å². The number of nitrogens with one attached hydrogen (secondary N) is 2. The molecular weight excluding hydrogens is 198 g/mol. The minimum absolute atomic E-state index is 0.247. The molecule has 0 aliphatic carbocycles. The van der Waals surface area contributed by atoms with Crippen molar-refractivity contribution in [2.24, 2.45) is 16.9 Å². The van der Waals surface area contributed by atoms with Crippen LogP contribution in [0.5, 0.6) is 0 Å².